The van der Waals surface area contributed by atoms with Crippen LogP contribution in [0.4, 0.5) is 0 Å². The normalized spacial score (nSPS) is 11.5. The van der Waals surface area contributed by atoms with Crippen molar-refractivity contribution >= 4 is 29.1 Å². The number of hydrogen-bond donors (Lipinski definition) is 2. The summed E-state index contributed by atoms with van der Waals surface area (Å²) in [7, 11) is 1.56. The number of benzene rings is 2. The third-order valence-corrected chi connectivity index (χ3v) is 4.65. The molecular weight excluding hydrogens is 396 g/mol. The molecule has 0 spiro atoms. The number of fused-ring (bicyclic) bond motifs is 1. The molecule has 0 unspecified atom stereocenters. The number of aromatic nitrogens is 1. The molecule has 156 valence electrons. The van der Waals surface area contributed by atoms with Crippen LogP contribution in [-0.4, -0.2) is 28.9 Å². The van der Waals surface area contributed by atoms with Crippen LogP contribution in [0.2, 0.25) is 0 Å². The van der Waals surface area contributed by atoms with E-state index >= 15 is 0 Å². The first-order valence-electron chi connectivity index (χ1n) is 9.43. The lowest BCUT2D eigenvalue weighted by molar-refractivity contribution is -0.117. The molecule has 0 aliphatic carbocycles. The smallest absolute Gasteiger partial charge is 0.282 e. The standard InChI is InChI=1S/C23H20N4O4/c1-3-27-20-7-5-4-6-18(20)21(28)19(23(27)30)12-16(13-24)22(29)26-25-14-15-8-10-17(31-2)11-9-15/h4-12,14,28H,3H2,1-2H3,(H,26,29)/b16-12-,25-14-. The van der Waals surface area contributed by atoms with Crippen LogP contribution in [-0.2, 0) is 11.3 Å². The predicted octanol–water partition coefficient (Wildman–Crippen LogP) is 2.79. The molecule has 0 atom stereocenters. The van der Waals surface area contributed by atoms with Gasteiger partial charge in [0.1, 0.15) is 23.1 Å². The summed E-state index contributed by atoms with van der Waals surface area (Å²) < 4.78 is 6.54. The van der Waals surface area contributed by atoms with Crippen molar-refractivity contribution in [3.8, 4) is 17.6 Å². The lowest BCUT2D eigenvalue weighted by atomic mass is 10.1. The number of nitrogens with one attached hydrogen (secondary N) is 1. The summed E-state index contributed by atoms with van der Waals surface area (Å²) in [5, 5.41) is 24.3. The van der Waals surface area contributed by atoms with Gasteiger partial charge in [-0.3, -0.25) is 9.59 Å². The fourth-order valence-electron chi connectivity index (χ4n) is 3.06. The van der Waals surface area contributed by atoms with Crippen molar-refractivity contribution in [1.29, 1.82) is 5.26 Å². The largest absolute Gasteiger partial charge is 0.506 e. The Morgan fingerprint density at radius 2 is 1.97 bits per heavy atom. The van der Waals surface area contributed by atoms with Gasteiger partial charge in [0.2, 0.25) is 0 Å². The zero-order valence-corrected chi connectivity index (χ0v) is 17.0. The van der Waals surface area contributed by atoms with Crippen molar-refractivity contribution in [3.63, 3.8) is 0 Å². The molecule has 0 radical (unpaired) electrons. The number of aryl methyl sites for hydroxylation is 1. The van der Waals surface area contributed by atoms with E-state index in [0.29, 0.717) is 28.8 Å². The van der Waals surface area contributed by atoms with Gasteiger partial charge in [0.15, 0.2) is 0 Å². The number of carbonyl (C=O) groups is 1. The topological polar surface area (TPSA) is 117 Å². The number of methoxy groups -OCH3 is 1. The monoisotopic (exact) mass is 416 g/mol. The van der Waals surface area contributed by atoms with Gasteiger partial charge in [0, 0.05) is 11.9 Å². The summed E-state index contributed by atoms with van der Waals surface area (Å²) in [6.45, 7) is 2.16. The number of nitrogens with zero attached hydrogens (tertiary/aromatic N) is 3. The second kappa shape index (κ2) is 9.41. The molecule has 0 saturated carbocycles. The molecule has 3 rings (SSSR count). The minimum Gasteiger partial charge on any atom is -0.506 e. The Morgan fingerprint density at radius 3 is 2.61 bits per heavy atom. The Hall–Kier alpha value is -4.38. The first kappa shape index (κ1) is 21.3. The molecule has 0 aliphatic heterocycles. The van der Waals surface area contributed by atoms with Gasteiger partial charge in [0.05, 0.1) is 24.4 Å². The Bertz CT molecular complexity index is 1280. The van der Waals surface area contributed by atoms with Crippen molar-refractivity contribution in [2.45, 2.75) is 13.5 Å². The van der Waals surface area contributed by atoms with Crippen LogP contribution in [0, 0.1) is 11.3 Å². The highest BCUT2D eigenvalue weighted by atomic mass is 16.5. The first-order chi connectivity index (χ1) is 15.0. The average molecular weight is 416 g/mol. The molecule has 1 heterocycles. The second-order valence-electron chi connectivity index (χ2n) is 6.47. The summed E-state index contributed by atoms with van der Waals surface area (Å²) in [6, 6.07) is 15.6. The molecule has 1 aromatic heterocycles. The molecule has 0 aliphatic rings. The molecule has 0 fully saturated rings. The number of nitriles is 1. The predicted molar refractivity (Wildman–Crippen MR) is 118 cm³/mol. The van der Waals surface area contributed by atoms with Crippen molar-refractivity contribution in [2.24, 2.45) is 5.10 Å². The maximum atomic E-state index is 12.8. The maximum Gasteiger partial charge on any atom is 0.282 e. The van der Waals surface area contributed by atoms with Gasteiger partial charge < -0.3 is 14.4 Å². The maximum absolute atomic E-state index is 12.8. The van der Waals surface area contributed by atoms with E-state index in [-0.39, 0.29) is 16.9 Å². The Balaban J connectivity index is 1.91. The third kappa shape index (κ3) is 4.46. The molecule has 0 bridgehead atoms. The minimum absolute atomic E-state index is 0.133. The summed E-state index contributed by atoms with van der Waals surface area (Å²) in [5.74, 6) is -0.404. The van der Waals surface area contributed by atoms with E-state index < -0.39 is 11.5 Å². The zero-order valence-electron chi connectivity index (χ0n) is 17.0. The van der Waals surface area contributed by atoms with Gasteiger partial charge in [-0.2, -0.15) is 10.4 Å². The average Bonchev–Trinajstić information content (AvgIpc) is 2.80. The molecule has 31 heavy (non-hydrogen) atoms. The van der Waals surface area contributed by atoms with Crippen LogP contribution in [0.5, 0.6) is 11.5 Å². The third-order valence-electron chi connectivity index (χ3n) is 4.65. The van der Waals surface area contributed by atoms with Crippen LogP contribution in [0.25, 0.3) is 17.0 Å². The van der Waals surface area contributed by atoms with E-state index in [0.717, 1.165) is 6.08 Å². The molecule has 3 aromatic rings. The summed E-state index contributed by atoms with van der Waals surface area (Å²) in [6.07, 6.45) is 2.48. The van der Waals surface area contributed by atoms with Gasteiger partial charge in [-0.25, -0.2) is 5.43 Å². The number of para-hydroxylation sites is 1. The van der Waals surface area contributed by atoms with Gasteiger partial charge in [-0.05, 0) is 55.0 Å². The van der Waals surface area contributed by atoms with E-state index in [2.05, 4.69) is 10.5 Å². The van der Waals surface area contributed by atoms with Gasteiger partial charge >= 0.3 is 0 Å². The second-order valence-corrected chi connectivity index (χ2v) is 6.47. The number of rotatable bonds is 6. The Labute approximate surface area is 178 Å². The van der Waals surface area contributed by atoms with Gasteiger partial charge in [-0.15, -0.1) is 0 Å². The molecule has 8 nitrogen and oxygen atoms in total. The number of ether oxygens (including phenoxy) is 1. The molecule has 8 heteroatoms. The van der Waals surface area contributed by atoms with Gasteiger partial charge in [-0.1, -0.05) is 12.1 Å². The summed E-state index contributed by atoms with van der Waals surface area (Å²) >= 11 is 0. The molecule has 0 saturated heterocycles. The molecule has 1 amide bonds. The van der Waals surface area contributed by atoms with Crippen LogP contribution in [0.3, 0.4) is 0 Å². The highest BCUT2D eigenvalue weighted by Crippen LogP contribution is 2.27. The summed E-state index contributed by atoms with van der Waals surface area (Å²) in [4.78, 5) is 25.2. The fraction of sp³-hybridized carbons (Fsp3) is 0.130. The number of hydrazone groups is 1. The Kier molecular flexibility index (Phi) is 6.48. The fourth-order valence-corrected chi connectivity index (χ4v) is 3.06. The zero-order chi connectivity index (χ0) is 22.4. The van der Waals surface area contributed by atoms with Crippen molar-refractivity contribution in [3.05, 3.63) is 75.6 Å². The van der Waals surface area contributed by atoms with E-state index in [1.54, 1.807) is 68.6 Å². The molecule has 2 N–H and O–H groups in total. The number of amides is 1. The van der Waals surface area contributed by atoms with Crippen LogP contribution >= 0.6 is 0 Å². The molecular formula is C23H20N4O4. The highest BCUT2D eigenvalue weighted by Gasteiger charge is 2.17. The molecule has 2 aromatic carbocycles. The minimum atomic E-state index is -0.803. The number of carbonyl (C=O) groups excluding carboxylic acids is 1. The van der Waals surface area contributed by atoms with E-state index in [1.807, 2.05) is 0 Å². The van der Waals surface area contributed by atoms with Crippen molar-refractivity contribution in [1.82, 2.24) is 9.99 Å². The Morgan fingerprint density at radius 1 is 1.26 bits per heavy atom. The van der Waals surface area contributed by atoms with E-state index in [1.165, 1.54) is 10.8 Å². The van der Waals surface area contributed by atoms with Crippen LogP contribution in [0.1, 0.15) is 18.1 Å². The first-order valence-corrected chi connectivity index (χ1v) is 9.43. The number of pyridine rings is 1. The lowest BCUT2D eigenvalue weighted by Gasteiger charge is -2.12. The van der Waals surface area contributed by atoms with Crippen molar-refractivity contribution in [2.75, 3.05) is 7.11 Å². The van der Waals surface area contributed by atoms with Crippen molar-refractivity contribution < 1.29 is 14.6 Å². The lowest BCUT2D eigenvalue weighted by Crippen LogP contribution is -2.23. The highest BCUT2D eigenvalue weighted by molar-refractivity contribution is 6.03. The van der Waals surface area contributed by atoms with Crippen LogP contribution < -0.4 is 15.7 Å². The SMILES string of the molecule is CCn1c(=O)c(/C=C(/C#N)C(=O)N/N=C\c2ccc(OC)cc2)c(O)c2ccccc21. The summed E-state index contributed by atoms with van der Waals surface area (Å²) in [5.41, 5.74) is 2.53. The quantitative estimate of drug-likeness (QED) is 0.277. The van der Waals surface area contributed by atoms with Gasteiger partial charge in [0.25, 0.3) is 11.5 Å². The van der Waals surface area contributed by atoms with Crippen LogP contribution in [0.15, 0.2) is 64.0 Å². The number of hydrogen-bond acceptors (Lipinski definition) is 6. The van der Waals surface area contributed by atoms with E-state index in [4.69, 9.17) is 4.74 Å². The number of aromatic hydroxyl groups is 1. The van der Waals surface area contributed by atoms with E-state index in [9.17, 15) is 20.0 Å².